The molecule has 0 heterocycles. The molecule has 0 bridgehead atoms. The van der Waals surface area contributed by atoms with Crippen LogP contribution in [0.4, 0.5) is 0 Å². The Hall–Kier alpha value is -2.26. The van der Waals surface area contributed by atoms with Crippen LogP contribution < -0.4 is 11.1 Å². The van der Waals surface area contributed by atoms with Gasteiger partial charge in [0.15, 0.2) is 0 Å². The lowest BCUT2D eigenvalue weighted by Gasteiger charge is -2.30. The molecule has 4 N–H and O–H groups in total. The molecule has 0 aliphatic heterocycles. The first-order valence-electron chi connectivity index (χ1n) is 11.9. The van der Waals surface area contributed by atoms with E-state index in [1.165, 1.54) is 29.3 Å². The van der Waals surface area contributed by atoms with Crippen LogP contribution in [-0.2, 0) is 21.2 Å². The molecule has 0 aliphatic rings. The maximum Gasteiger partial charge on any atom is 0.243 e. The van der Waals surface area contributed by atoms with E-state index < -0.39 is 28.1 Å². The first-order valence-corrected chi connectivity index (χ1v) is 13.4. The van der Waals surface area contributed by atoms with Gasteiger partial charge in [-0.15, -0.1) is 0 Å². The van der Waals surface area contributed by atoms with Crippen molar-refractivity contribution in [2.24, 2.45) is 11.7 Å². The Balaban J connectivity index is 0.00000133. The number of unbranched alkanes of at least 4 members (excludes halogenated alkanes) is 1. The van der Waals surface area contributed by atoms with E-state index in [0.717, 1.165) is 5.56 Å². The van der Waals surface area contributed by atoms with Gasteiger partial charge >= 0.3 is 0 Å². The number of rotatable bonds is 12. The molecule has 34 heavy (non-hydrogen) atoms. The molecule has 0 saturated carbocycles. The van der Waals surface area contributed by atoms with Crippen molar-refractivity contribution in [3.63, 3.8) is 0 Å². The zero-order valence-corrected chi connectivity index (χ0v) is 21.7. The lowest BCUT2D eigenvalue weighted by Crippen LogP contribution is -2.52. The van der Waals surface area contributed by atoms with Gasteiger partial charge in [0, 0.05) is 13.1 Å². The van der Waals surface area contributed by atoms with Gasteiger partial charge in [-0.1, -0.05) is 89.1 Å². The monoisotopic (exact) mass is 491 g/mol. The van der Waals surface area contributed by atoms with Gasteiger partial charge in [0.1, 0.15) is 0 Å². The molecule has 1 amide bonds. The van der Waals surface area contributed by atoms with E-state index in [2.05, 4.69) is 19.2 Å². The maximum atomic E-state index is 13.2. The van der Waals surface area contributed by atoms with E-state index in [1.54, 1.807) is 18.2 Å². The fraction of sp³-hybridized carbons (Fsp3) is 0.500. The second-order valence-electron chi connectivity index (χ2n) is 8.66. The Labute approximate surface area is 205 Å². The van der Waals surface area contributed by atoms with Gasteiger partial charge < -0.3 is 16.2 Å². The average molecular weight is 492 g/mol. The first kappa shape index (κ1) is 29.8. The highest BCUT2D eigenvalue weighted by Crippen LogP contribution is 2.18. The molecule has 190 valence electrons. The second-order valence-corrected chi connectivity index (χ2v) is 10.6. The molecule has 0 saturated heterocycles. The number of carbonyl (C=O) groups excluding carboxylic acids is 1. The number of carbonyl (C=O) groups is 1. The largest absolute Gasteiger partial charge is 0.390 e. The smallest absolute Gasteiger partial charge is 0.243 e. The lowest BCUT2D eigenvalue weighted by atomic mass is 10.0. The Bertz CT molecular complexity index is 920. The number of nitrogens with two attached hydrogens (primary N) is 1. The van der Waals surface area contributed by atoms with Crippen LogP contribution >= 0.6 is 0 Å². The van der Waals surface area contributed by atoms with Gasteiger partial charge in [0.05, 0.1) is 23.6 Å². The third-order valence-electron chi connectivity index (χ3n) is 5.14. The molecule has 0 spiro atoms. The summed E-state index contributed by atoms with van der Waals surface area (Å²) in [4.78, 5) is 12.1. The number of benzene rings is 2. The first-order chi connectivity index (χ1) is 16.1. The van der Waals surface area contributed by atoms with Gasteiger partial charge in [-0.25, -0.2) is 8.42 Å². The topological polar surface area (TPSA) is 113 Å². The summed E-state index contributed by atoms with van der Waals surface area (Å²) in [6.45, 7) is 8.08. The Kier molecular flexibility index (Phi) is 13.7. The van der Waals surface area contributed by atoms with Gasteiger partial charge in [0.25, 0.3) is 0 Å². The van der Waals surface area contributed by atoms with Crippen molar-refractivity contribution in [1.82, 2.24) is 9.62 Å². The summed E-state index contributed by atoms with van der Waals surface area (Å²) in [6.07, 6.45) is 1.88. The third kappa shape index (κ3) is 10.3. The minimum Gasteiger partial charge on any atom is -0.390 e. The number of sulfonamides is 1. The van der Waals surface area contributed by atoms with Crippen molar-refractivity contribution in [1.29, 1.82) is 0 Å². The van der Waals surface area contributed by atoms with Crippen LogP contribution in [0.1, 0.15) is 46.1 Å². The van der Waals surface area contributed by atoms with E-state index in [9.17, 15) is 18.3 Å². The molecule has 0 fully saturated rings. The molecule has 0 radical (unpaired) electrons. The van der Waals surface area contributed by atoms with Crippen molar-refractivity contribution in [3.8, 4) is 0 Å². The van der Waals surface area contributed by atoms with Crippen LogP contribution in [0.15, 0.2) is 65.6 Å². The average Bonchev–Trinajstić information content (AvgIpc) is 2.84. The Morgan fingerprint density at radius 1 is 0.971 bits per heavy atom. The molecular formula is C26H41N3O4S. The standard InChI is InChI=1S/C22H31N3O4S.C4H10/c1-17(2)15-25(30(28,29)19-11-7-4-8-12-19)16-21(26)20(24-22(27)14-23)13-18-9-5-3-6-10-18;1-3-4-2/h3-12,17,20-21,26H,13-16,23H2,1-2H3,(H,24,27);3-4H2,1-2H3. The highest BCUT2D eigenvalue weighted by molar-refractivity contribution is 7.89. The zero-order valence-electron chi connectivity index (χ0n) is 20.9. The van der Waals surface area contributed by atoms with Gasteiger partial charge in [0.2, 0.25) is 15.9 Å². The number of aliphatic hydroxyl groups excluding tert-OH is 1. The van der Waals surface area contributed by atoms with Crippen LogP contribution in [0, 0.1) is 5.92 Å². The predicted molar refractivity (Wildman–Crippen MR) is 138 cm³/mol. The molecule has 2 unspecified atom stereocenters. The Morgan fingerprint density at radius 2 is 1.50 bits per heavy atom. The predicted octanol–water partition coefficient (Wildman–Crippen LogP) is 3.19. The van der Waals surface area contributed by atoms with Crippen molar-refractivity contribution >= 4 is 15.9 Å². The summed E-state index contributed by atoms with van der Waals surface area (Å²) in [6, 6.07) is 16.9. The lowest BCUT2D eigenvalue weighted by molar-refractivity contribution is -0.121. The van der Waals surface area contributed by atoms with Gasteiger partial charge in [-0.3, -0.25) is 4.79 Å². The molecule has 2 aromatic rings. The van der Waals surface area contributed by atoms with Crippen LogP contribution in [0.2, 0.25) is 0 Å². The summed E-state index contributed by atoms with van der Waals surface area (Å²) in [5.41, 5.74) is 6.34. The van der Waals surface area contributed by atoms with Gasteiger partial charge in [-0.2, -0.15) is 4.31 Å². The van der Waals surface area contributed by atoms with Crippen LogP contribution in [0.5, 0.6) is 0 Å². The second kappa shape index (κ2) is 15.6. The molecule has 2 atom stereocenters. The van der Waals surface area contributed by atoms with Crippen LogP contribution in [0.25, 0.3) is 0 Å². The summed E-state index contributed by atoms with van der Waals surface area (Å²) in [5, 5.41) is 13.7. The minimum absolute atomic E-state index is 0.0573. The molecule has 0 aliphatic carbocycles. The summed E-state index contributed by atoms with van der Waals surface area (Å²) >= 11 is 0. The van der Waals surface area contributed by atoms with Crippen LogP contribution in [-0.4, -0.2) is 55.5 Å². The number of hydrogen-bond donors (Lipinski definition) is 3. The number of nitrogens with zero attached hydrogens (tertiary/aromatic N) is 1. The number of hydrogen-bond acceptors (Lipinski definition) is 5. The molecule has 8 heteroatoms. The van der Waals surface area contributed by atoms with E-state index in [4.69, 9.17) is 5.73 Å². The zero-order chi connectivity index (χ0) is 25.6. The fourth-order valence-corrected chi connectivity index (χ4v) is 4.82. The van der Waals surface area contributed by atoms with E-state index >= 15 is 0 Å². The number of nitrogens with one attached hydrogen (secondary N) is 1. The Morgan fingerprint density at radius 3 is 1.97 bits per heavy atom. The van der Waals surface area contributed by atoms with Gasteiger partial charge in [-0.05, 0) is 30.0 Å². The summed E-state index contributed by atoms with van der Waals surface area (Å²) < 4.78 is 27.6. The molecule has 2 aromatic carbocycles. The molecule has 2 rings (SSSR count). The molecular weight excluding hydrogens is 450 g/mol. The highest BCUT2D eigenvalue weighted by Gasteiger charge is 2.31. The third-order valence-corrected chi connectivity index (χ3v) is 6.98. The quantitative estimate of drug-likeness (QED) is 0.422. The van der Waals surface area contributed by atoms with E-state index in [1.807, 2.05) is 44.2 Å². The minimum atomic E-state index is -3.80. The van der Waals surface area contributed by atoms with E-state index in [0.29, 0.717) is 6.42 Å². The van der Waals surface area contributed by atoms with Crippen LogP contribution in [0.3, 0.4) is 0 Å². The van der Waals surface area contributed by atoms with Crippen molar-refractivity contribution in [2.45, 2.75) is 64.0 Å². The normalized spacial score (nSPS) is 13.2. The number of aliphatic hydroxyl groups is 1. The van der Waals surface area contributed by atoms with Crippen molar-refractivity contribution in [3.05, 3.63) is 66.2 Å². The molecule has 0 aromatic heterocycles. The fourth-order valence-electron chi connectivity index (χ4n) is 3.17. The van der Waals surface area contributed by atoms with E-state index in [-0.39, 0.29) is 30.4 Å². The van der Waals surface area contributed by atoms with Crippen molar-refractivity contribution < 1.29 is 18.3 Å². The van der Waals surface area contributed by atoms with Crippen molar-refractivity contribution in [2.75, 3.05) is 19.6 Å². The highest BCUT2D eigenvalue weighted by atomic mass is 32.2. The SMILES string of the molecule is CC(C)CN(CC(O)C(Cc1ccccc1)NC(=O)CN)S(=O)(=O)c1ccccc1.CCCC. The molecule has 7 nitrogen and oxygen atoms in total. The summed E-state index contributed by atoms with van der Waals surface area (Å²) in [5.74, 6) is -0.349. The number of amides is 1. The maximum absolute atomic E-state index is 13.2. The summed E-state index contributed by atoms with van der Waals surface area (Å²) in [7, 11) is -3.80.